The molecule has 1 aliphatic carbocycles. The van der Waals surface area contributed by atoms with Gasteiger partial charge >= 0.3 is 0 Å². The molecule has 1 aliphatic rings. The van der Waals surface area contributed by atoms with E-state index in [1.54, 1.807) is 6.20 Å². The van der Waals surface area contributed by atoms with Crippen molar-refractivity contribution in [1.82, 2.24) is 4.98 Å². The zero-order chi connectivity index (χ0) is 11.5. The molecule has 1 aromatic rings. The summed E-state index contributed by atoms with van der Waals surface area (Å²) in [6.07, 6.45) is 4.20. The van der Waals surface area contributed by atoms with Crippen molar-refractivity contribution in [2.75, 3.05) is 11.9 Å². The number of ether oxygens (including phenoxy) is 1. The minimum Gasteiger partial charge on any atom is -0.378 e. The van der Waals surface area contributed by atoms with Crippen LogP contribution in [0.15, 0.2) is 16.7 Å². The SMILES string of the molecule is CCOC1CC(Nc2ncc(Br)cc2Cl)C1. The van der Waals surface area contributed by atoms with Gasteiger partial charge in [0.25, 0.3) is 0 Å². The molecule has 88 valence electrons. The fraction of sp³-hybridized carbons (Fsp3) is 0.545. The highest BCUT2D eigenvalue weighted by Gasteiger charge is 2.29. The Hall–Kier alpha value is -0.320. The second-order valence-corrected chi connectivity index (χ2v) is 5.20. The van der Waals surface area contributed by atoms with E-state index in [-0.39, 0.29) is 0 Å². The van der Waals surface area contributed by atoms with Crippen LogP contribution in [0.5, 0.6) is 0 Å². The van der Waals surface area contributed by atoms with E-state index in [1.165, 1.54) is 0 Å². The highest BCUT2D eigenvalue weighted by Crippen LogP contribution is 2.29. The van der Waals surface area contributed by atoms with Crippen LogP contribution >= 0.6 is 27.5 Å². The highest BCUT2D eigenvalue weighted by molar-refractivity contribution is 9.10. The van der Waals surface area contributed by atoms with Crippen LogP contribution in [0.4, 0.5) is 5.82 Å². The molecule has 0 aromatic carbocycles. The molecule has 0 amide bonds. The van der Waals surface area contributed by atoms with Crippen LogP contribution in [0.3, 0.4) is 0 Å². The molecule has 0 spiro atoms. The van der Waals surface area contributed by atoms with E-state index in [9.17, 15) is 0 Å². The van der Waals surface area contributed by atoms with Gasteiger partial charge in [0.15, 0.2) is 0 Å². The summed E-state index contributed by atoms with van der Waals surface area (Å²) in [7, 11) is 0. The Kier molecular flexibility index (Phi) is 4.05. The summed E-state index contributed by atoms with van der Waals surface area (Å²) in [5.74, 6) is 0.754. The largest absolute Gasteiger partial charge is 0.378 e. The van der Waals surface area contributed by atoms with Gasteiger partial charge in [-0.25, -0.2) is 4.98 Å². The molecule has 0 radical (unpaired) electrons. The number of hydrogen-bond acceptors (Lipinski definition) is 3. The van der Waals surface area contributed by atoms with Crippen molar-refractivity contribution in [3.05, 3.63) is 21.8 Å². The Morgan fingerprint density at radius 3 is 3.00 bits per heavy atom. The lowest BCUT2D eigenvalue weighted by atomic mass is 9.89. The topological polar surface area (TPSA) is 34.1 Å². The number of nitrogens with one attached hydrogen (secondary N) is 1. The van der Waals surface area contributed by atoms with Gasteiger partial charge in [0.1, 0.15) is 5.82 Å². The van der Waals surface area contributed by atoms with Crippen molar-refractivity contribution in [3.63, 3.8) is 0 Å². The van der Waals surface area contributed by atoms with E-state index in [1.807, 2.05) is 13.0 Å². The fourth-order valence-corrected chi connectivity index (χ4v) is 2.45. The molecule has 5 heteroatoms. The maximum Gasteiger partial charge on any atom is 0.145 e. The average Bonchev–Trinajstić information content (AvgIpc) is 2.18. The number of halogens is 2. The Morgan fingerprint density at radius 1 is 1.62 bits per heavy atom. The zero-order valence-corrected chi connectivity index (χ0v) is 11.4. The van der Waals surface area contributed by atoms with Crippen LogP contribution < -0.4 is 5.32 Å². The molecule has 16 heavy (non-hydrogen) atoms. The number of nitrogens with zero attached hydrogens (tertiary/aromatic N) is 1. The number of aromatic nitrogens is 1. The van der Waals surface area contributed by atoms with E-state index in [4.69, 9.17) is 16.3 Å². The lowest BCUT2D eigenvalue weighted by Gasteiger charge is -2.35. The third-order valence-electron chi connectivity index (χ3n) is 2.65. The zero-order valence-electron chi connectivity index (χ0n) is 9.04. The van der Waals surface area contributed by atoms with E-state index < -0.39 is 0 Å². The quantitative estimate of drug-likeness (QED) is 0.925. The minimum atomic E-state index is 0.400. The second-order valence-electron chi connectivity index (χ2n) is 3.87. The lowest BCUT2D eigenvalue weighted by molar-refractivity contribution is 0.00292. The van der Waals surface area contributed by atoms with Crippen LogP contribution in [-0.2, 0) is 4.74 Å². The summed E-state index contributed by atoms with van der Waals surface area (Å²) in [6, 6.07) is 2.28. The molecular formula is C11H14BrClN2O. The maximum atomic E-state index is 6.07. The van der Waals surface area contributed by atoms with Crippen molar-refractivity contribution < 1.29 is 4.74 Å². The predicted octanol–water partition coefficient (Wildman–Crippen LogP) is 3.48. The van der Waals surface area contributed by atoms with Gasteiger partial charge in [-0.1, -0.05) is 11.6 Å². The first-order chi connectivity index (χ1) is 7.69. The smallest absolute Gasteiger partial charge is 0.145 e. The van der Waals surface area contributed by atoms with E-state index in [2.05, 4.69) is 26.2 Å². The standard InChI is InChI=1S/C11H14BrClN2O/c1-2-16-9-4-8(5-9)15-11-10(13)3-7(12)6-14-11/h3,6,8-9H,2,4-5H2,1H3,(H,14,15). The van der Waals surface area contributed by atoms with Gasteiger partial charge in [-0.3, -0.25) is 0 Å². The van der Waals surface area contributed by atoms with E-state index in [0.717, 1.165) is 29.7 Å². The molecule has 0 aliphatic heterocycles. The molecule has 1 aromatic heterocycles. The van der Waals surface area contributed by atoms with Crippen molar-refractivity contribution in [1.29, 1.82) is 0 Å². The molecule has 0 bridgehead atoms. The molecule has 0 saturated heterocycles. The summed E-state index contributed by atoms with van der Waals surface area (Å²) in [6.45, 7) is 2.81. The molecule has 3 nitrogen and oxygen atoms in total. The van der Waals surface area contributed by atoms with Crippen molar-refractivity contribution >= 4 is 33.3 Å². The van der Waals surface area contributed by atoms with Crippen molar-refractivity contribution in [2.45, 2.75) is 31.9 Å². The predicted molar refractivity (Wildman–Crippen MR) is 69.0 cm³/mol. The number of anilines is 1. The first kappa shape index (κ1) is 12.1. The van der Waals surface area contributed by atoms with Crippen LogP contribution in [-0.4, -0.2) is 23.7 Å². The fourth-order valence-electron chi connectivity index (χ4n) is 1.77. The Labute approximate surface area is 109 Å². The van der Waals surface area contributed by atoms with Gasteiger partial charge in [-0.05, 0) is 41.8 Å². The van der Waals surface area contributed by atoms with E-state index in [0.29, 0.717) is 17.2 Å². The normalized spacial score (nSPS) is 23.9. The first-order valence-corrected chi connectivity index (χ1v) is 6.55. The number of pyridine rings is 1. The molecule has 1 N–H and O–H groups in total. The molecule has 0 unspecified atom stereocenters. The van der Waals surface area contributed by atoms with Gasteiger partial charge in [0, 0.05) is 23.3 Å². The monoisotopic (exact) mass is 304 g/mol. The summed E-state index contributed by atoms with van der Waals surface area (Å²) in [4.78, 5) is 4.24. The van der Waals surface area contributed by atoms with Crippen molar-refractivity contribution in [3.8, 4) is 0 Å². The molecule has 1 heterocycles. The average molecular weight is 306 g/mol. The second kappa shape index (κ2) is 5.34. The summed E-state index contributed by atoms with van der Waals surface area (Å²) in [5.41, 5.74) is 0. The van der Waals surface area contributed by atoms with Crippen LogP contribution in [0, 0.1) is 0 Å². The number of hydrogen-bond donors (Lipinski definition) is 1. The number of rotatable bonds is 4. The highest BCUT2D eigenvalue weighted by atomic mass is 79.9. The Morgan fingerprint density at radius 2 is 2.38 bits per heavy atom. The summed E-state index contributed by atoms with van der Waals surface area (Å²) in [5, 5.41) is 3.97. The third kappa shape index (κ3) is 2.87. The minimum absolute atomic E-state index is 0.400. The van der Waals surface area contributed by atoms with E-state index >= 15 is 0 Å². The van der Waals surface area contributed by atoms with Gasteiger partial charge < -0.3 is 10.1 Å². The molecular weight excluding hydrogens is 291 g/mol. The Bertz CT molecular complexity index is 369. The molecule has 1 saturated carbocycles. The Balaban J connectivity index is 1.87. The summed E-state index contributed by atoms with van der Waals surface area (Å²) >= 11 is 9.39. The maximum absolute atomic E-state index is 6.07. The first-order valence-electron chi connectivity index (χ1n) is 5.38. The summed E-state index contributed by atoms with van der Waals surface area (Å²) < 4.78 is 6.39. The van der Waals surface area contributed by atoms with Gasteiger partial charge in [0.05, 0.1) is 11.1 Å². The molecule has 0 atom stereocenters. The van der Waals surface area contributed by atoms with Crippen molar-refractivity contribution in [2.24, 2.45) is 0 Å². The third-order valence-corrected chi connectivity index (χ3v) is 3.37. The van der Waals surface area contributed by atoms with Crippen LogP contribution in [0.25, 0.3) is 0 Å². The van der Waals surface area contributed by atoms with Gasteiger partial charge in [0.2, 0.25) is 0 Å². The molecule has 1 fully saturated rings. The van der Waals surface area contributed by atoms with Gasteiger partial charge in [-0.2, -0.15) is 0 Å². The van der Waals surface area contributed by atoms with Crippen LogP contribution in [0.2, 0.25) is 5.02 Å². The van der Waals surface area contributed by atoms with Gasteiger partial charge in [-0.15, -0.1) is 0 Å². The lowest BCUT2D eigenvalue weighted by Crippen LogP contribution is -2.41. The molecule has 2 rings (SSSR count). The van der Waals surface area contributed by atoms with Crippen LogP contribution in [0.1, 0.15) is 19.8 Å².